The molecule has 0 unspecified atom stereocenters. The van der Waals surface area contributed by atoms with Crippen LogP contribution >= 0.6 is 11.6 Å². The van der Waals surface area contributed by atoms with Gasteiger partial charge in [0.2, 0.25) is 0 Å². The van der Waals surface area contributed by atoms with Gasteiger partial charge in [0.25, 0.3) is 0 Å². The maximum Gasteiger partial charge on any atom is 0.345 e. The number of aliphatic carboxylic acids is 1. The lowest BCUT2D eigenvalue weighted by molar-refractivity contribution is -0.145. The average Bonchev–Trinajstić information content (AvgIpc) is 2.43. The van der Waals surface area contributed by atoms with Crippen molar-refractivity contribution < 1.29 is 14.6 Å². The van der Waals surface area contributed by atoms with Gasteiger partial charge in [0.15, 0.2) is 6.10 Å². The van der Waals surface area contributed by atoms with Crippen molar-refractivity contribution in [2.75, 3.05) is 0 Å². The van der Waals surface area contributed by atoms with Crippen molar-refractivity contribution >= 4 is 17.6 Å². The molecular formula is C16H15ClO3. The van der Waals surface area contributed by atoms with Gasteiger partial charge in [-0.15, -0.1) is 0 Å². The Balaban J connectivity index is 2.13. The minimum absolute atomic E-state index is 0.317. The number of hydrogen-bond acceptors (Lipinski definition) is 2. The number of aryl methyl sites for hydroxylation is 1. The summed E-state index contributed by atoms with van der Waals surface area (Å²) in [5.41, 5.74) is 1.78. The smallest absolute Gasteiger partial charge is 0.345 e. The molecule has 0 aliphatic carbocycles. The number of hydrogen-bond donors (Lipinski definition) is 1. The number of carbonyl (C=O) groups is 1. The number of ether oxygens (including phenoxy) is 1. The predicted octanol–water partition coefficient (Wildman–Crippen LogP) is 3.72. The lowest BCUT2D eigenvalue weighted by atomic mass is 10.1. The summed E-state index contributed by atoms with van der Waals surface area (Å²) in [6.07, 6.45) is -0.601. The van der Waals surface area contributed by atoms with Crippen molar-refractivity contribution in [3.05, 3.63) is 64.7 Å². The number of rotatable bonds is 5. The zero-order valence-corrected chi connectivity index (χ0v) is 11.8. The molecule has 4 heteroatoms. The van der Waals surface area contributed by atoms with Crippen LogP contribution in [-0.4, -0.2) is 17.2 Å². The quantitative estimate of drug-likeness (QED) is 0.913. The third kappa shape index (κ3) is 3.75. The van der Waals surface area contributed by atoms with E-state index in [-0.39, 0.29) is 0 Å². The summed E-state index contributed by atoms with van der Waals surface area (Å²) in [7, 11) is 0. The van der Waals surface area contributed by atoms with E-state index in [9.17, 15) is 9.90 Å². The summed E-state index contributed by atoms with van der Waals surface area (Å²) >= 11 is 5.94. The number of halogens is 1. The fourth-order valence-corrected chi connectivity index (χ4v) is 1.98. The molecule has 0 aromatic heterocycles. The van der Waals surface area contributed by atoms with Gasteiger partial charge in [0, 0.05) is 11.4 Å². The van der Waals surface area contributed by atoms with E-state index in [0.29, 0.717) is 17.2 Å². The second-order valence-corrected chi connectivity index (χ2v) is 4.95. The van der Waals surface area contributed by atoms with Crippen LogP contribution in [0.1, 0.15) is 11.1 Å². The highest BCUT2D eigenvalue weighted by atomic mass is 35.5. The van der Waals surface area contributed by atoms with Gasteiger partial charge >= 0.3 is 5.97 Å². The molecule has 0 saturated heterocycles. The first-order chi connectivity index (χ1) is 9.56. The molecule has 0 aliphatic heterocycles. The first-order valence-electron chi connectivity index (χ1n) is 6.26. The van der Waals surface area contributed by atoms with Crippen LogP contribution in [0.15, 0.2) is 48.5 Å². The Kier molecular flexibility index (Phi) is 4.64. The van der Waals surface area contributed by atoms with Crippen molar-refractivity contribution in [3.8, 4) is 5.75 Å². The van der Waals surface area contributed by atoms with E-state index in [1.54, 1.807) is 18.2 Å². The van der Waals surface area contributed by atoms with Gasteiger partial charge in [0.05, 0.1) is 0 Å². The van der Waals surface area contributed by atoms with Crippen LogP contribution in [0.2, 0.25) is 5.02 Å². The Bertz CT molecular complexity index is 596. The molecule has 2 aromatic carbocycles. The Morgan fingerprint density at radius 1 is 1.25 bits per heavy atom. The van der Waals surface area contributed by atoms with Crippen molar-refractivity contribution in [2.24, 2.45) is 0 Å². The Morgan fingerprint density at radius 3 is 2.55 bits per heavy atom. The molecule has 2 aromatic rings. The molecule has 0 radical (unpaired) electrons. The summed E-state index contributed by atoms with van der Waals surface area (Å²) in [6.45, 7) is 1.85. The first-order valence-corrected chi connectivity index (χ1v) is 6.63. The molecule has 0 spiro atoms. The van der Waals surface area contributed by atoms with Crippen LogP contribution in [0, 0.1) is 6.92 Å². The van der Waals surface area contributed by atoms with Gasteiger partial charge in [-0.25, -0.2) is 4.79 Å². The van der Waals surface area contributed by atoms with Gasteiger partial charge in [-0.1, -0.05) is 41.9 Å². The molecule has 104 valence electrons. The third-order valence-corrected chi connectivity index (χ3v) is 3.37. The van der Waals surface area contributed by atoms with Gasteiger partial charge in [-0.05, 0) is 36.2 Å². The van der Waals surface area contributed by atoms with E-state index in [1.807, 2.05) is 37.3 Å². The van der Waals surface area contributed by atoms with E-state index >= 15 is 0 Å². The van der Waals surface area contributed by atoms with Crippen LogP contribution in [0.4, 0.5) is 0 Å². The van der Waals surface area contributed by atoms with Crippen molar-refractivity contribution in [3.63, 3.8) is 0 Å². The third-order valence-electron chi connectivity index (χ3n) is 2.95. The van der Waals surface area contributed by atoms with Gasteiger partial charge < -0.3 is 9.84 Å². The van der Waals surface area contributed by atoms with E-state index in [1.165, 1.54) is 0 Å². The molecule has 1 N–H and O–H groups in total. The molecule has 0 saturated carbocycles. The summed E-state index contributed by atoms with van der Waals surface area (Å²) in [4.78, 5) is 11.3. The van der Waals surface area contributed by atoms with Crippen LogP contribution < -0.4 is 4.74 Å². The monoisotopic (exact) mass is 290 g/mol. The minimum atomic E-state index is -0.985. The highest BCUT2D eigenvalue weighted by molar-refractivity contribution is 6.31. The fourth-order valence-electron chi connectivity index (χ4n) is 1.86. The molecule has 1 atom stereocenters. The molecule has 0 bridgehead atoms. The molecule has 2 rings (SSSR count). The molecule has 20 heavy (non-hydrogen) atoms. The van der Waals surface area contributed by atoms with Crippen LogP contribution in [0.3, 0.4) is 0 Å². The SMILES string of the molecule is Cc1cc(O[C@H](Cc2ccccc2)C(=O)O)ccc1Cl. The van der Waals surface area contributed by atoms with Crippen LogP contribution in [0.25, 0.3) is 0 Å². The Hall–Kier alpha value is -2.00. The number of carboxylic acids is 1. The van der Waals surface area contributed by atoms with E-state index in [4.69, 9.17) is 16.3 Å². The fraction of sp³-hybridized carbons (Fsp3) is 0.188. The lowest BCUT2D eigenvalue weighted by Crippen LogP contribution is -2.29. The Morgan fingerprint density at radius 2 is 1.95 bits per heavy atom. The summed E-state index contributed by atoms with van der Waals surface area (Å²) in [5, 5.41) is 9.90. The van der Waals surface area contributed by atoms with Crippen molar-refractivity contribution in [2.45, 2.75) is 19.4 Å². The van der Waals surface area contributed by atoms with E-state index in [2.05, 4.69) is 0 Å². The van der Waals surface area contributed by atoms with Gasteiger partial charge in [-0.2, -0.15) is 0 Å². The maximum atomic E-state index is 11.3. The average molecular weight is 291 g/mol. The summed E-state index contributed by atoms with van der Waals surface area (Å²) in [5.74, 6) is -0.475. The molecule has 0 fully saturated rings. The first kappa shape index (κ1) is 14.4. The van der Waals surface area contributed by atoms with Crippen molar-refractivity contribution in [1.82, 2.24) is 0 Å². The maximum absolute atomic E-state index is 11.3. The Labute approximate surface area is 122 Å². The lowest BCUT2D eigenvalue weighted by Gasteiger charge is -2.16. The topological polar surface area (TPSA) is 46.5 Å². The molecule has 3 nitrogen and oxygen atoms in total. The van der Waals surface area contributed by atoms with Crippen molar-refractivity contribution in [1.29, 1.82) is 0 Å². The summed E-state index contributed by atoms with van der Waals surface area (Å²) in [6, 6.07) is 14.5. The second-order valence-electron chi connectivity index (χ2n) is 4.55. The molecule has 0 amide bonds. The molecule has 0 aliphatic rings. The van der Waals surface area contributed by atoms with E-state index < -0.39 is 12.1 Å². The zero-order valence-electron chi connectivity index (χ0n) is 11.0. The summed E-state index contributed by atoms with van der Waals surface area (Å²) < 4.78 is 5.56. The number of benzene rings is 2. The second kappa shape index (κ2) is 6.44. The highest BCUT2D eigenvalue weighted by Gasteiger charge is 2.20. The van der Waals surface area contributed by atoms with E-state index in [0.717, 1.165) is 11.1 Å². The largest absolute Gasteiger partial charge is 0.478 e. The molecule has 0 heterocycles. The normalized spacial score (nSPS) is 11.9. The standard InChI is InChI=1S/C16H15ClO3/c1-11-9-13(7-8-14(11)17)20-15(16(18)19)10-12-5-3-2-4-6-12/h2-9,15H,10H2,1H3,(H,18,19)/t15-/m1/s1. The van der Waals surface area contributed by atoms with Crippen LogP contribution in [-0.2, 0) is 11.2 Å². The molecular weight excluding hydrogens is 276 g/mol. The minimum Gasteiger partial charge on any atom is -0.478 e. The zero-order chi connectivity index (χ0) is 14.5. The number of carboxylic acid groups (broad SMARTS) is 1. The van der Waals surface area contributed by atoms with Gasteiger partial charge in [-0.3, -0.25) is 0 Å². The van der Waals surface area contributed by atoms with Crippen LogP contribution in [0.5, 0.6) is 5.75 Å². The predicted molar refractivity (Wildman–Crippen MR) is 78.4 cm³/mol. The van der Waals surface area contributed by atoms with Gasteiger partial charge in [0.1, 0.15) is 5.75 Å². The highest BCUT2D eigenvalue weighted by Crippen LogP contribution is 2.22.